The van der Waals surface area contributed by atoms with Gasteiger partial charge >= 0.3 is 0 Å². The molecule has 0 fully saturated rings. The van der Waals surface area contributed by atoms with Gasteiger partial charge in [0.1, 0.15) is 0 Å². The number of unbranched alkanes of at least 4 members (excludes halogenated alkanes) is 15. The maximum Gasteiger partial charge on any atom is -0.00144 e. The molecule has 1 unspecified atom stereocenters. The molecule has 0 aromatic heterocycles. The molecule has 1 aliphatic carbocycles. The fourth-order valence-electron chi connectivity index (χ4n) is 4.35. The van der Waals surface area contributed by atoms with E-state index < -0.39 is 0 Å². The van der Waals surface area contributed by atoms with Gasteiger partial charge in [0.15, 0.2) is 0 Å². The van der Waals surface area contributed by atoms with Crippen LogP contribution in [0.3, 0.4) is 0 Å². The molecule has 0 aliphatic heterocycles. The standard InChI is InChI=1S/C26H48/c1-5-6-7-8-9-10-11-12-13-14-15-16-17-18-19-20-21-26-22-23(2)24(3)25(26)4/h22,26H,5-21H2,1-4H3. The Kier molecular flexibility index (Phi) is 14.0. The molecule has 152 valence electrons. The van der Waals surface area contributed by atoms with Gasteiger partial charge in [-0.1, -0.05) is 127 Å². The van der Waals surface area contributed by atoms with Gasteiger partial charge in [0.2, 0.25) is 0 Å². The van der Waals surface area contributed by atoms with Gasteiger partial charge in [-0.3, -0.25) is 0 Å². The Morgan fingerprint density at radius 2 is 0.962 bits per heavy atom. The molecular weight excluding hydrogens is 312 g/mol. The van der Waals surface area contributed by atoms with Crippen LogP contribution in [0.15, 0.2) is 22.8 Å². The van der Waals surface area contributed by atoms with Crippen LogP contribution in [0.2, 0.25) is 0 Å². The highest BCUT2D eigenvalue weighted by Crippen LogP contribution is 2.33. The molecule has 0 spiro atoms. The van der Waals surface area contributed by atoms with Crippen molar-refractivity contribution in [1.29, 1.82) is 0 Å². The summed E-state index contributed by atoms with van der Waals surface area (Å²) in [6, 6.07) is 0. The third-order valence-electron chi connectivity index (χ3n) is 6.56. The molecule has 26 heavy (non-hydrogen) atoms. The summed E-state index contributed by atoms with van der Waals surface area (Å²) in [5.41, 5.74) is 4.69. The zero-order chi connectivity index (χ0) is 19.0. The van der Waals surface area contributed by atoms with Crippen LogP contribution in [-0.4, -0.2) is 0 Å². The minimum Gasteiger partial charge on any atom is -0.0741 e. The molecule has 1 rings (SSSR count). The summed E-state index contributed by atoms with van der Waals surface area (Å²) < 4.78 is 0. The lowest BCUT2D eigenvalue weighted by Crippen LogP contribution is -1.95. The van der Waals surface area contributed by atoms with E-state index in [-0.39, 0.29) is 0 Å². The lowest BCUT2D eigenvalue weighted by atomic mass is 9.95. The maximum atomic E-state index is 2.50. The Morgan fingerprint density at radius 3 is 1.31 bits per heavy atom. The highest BCUT2D eigenvalue weighted by molar-refractivity contribution is 5.41. The van der Waals surface area contributed by atoms with E-state index >= 15 is 0 Å². The van der Waals surface area contributed by atoms with Crippen molar-refractivity contribution in [3.8, 4) is 0 Å². The third kappa shape index (κ3) is 10.6. The fourth-order valence-corrected chi connectivity index (χ4v) is 4.35. The first-order chi connectivity index (χ1) is 12.7. The van der Waals surface area contributed by atoms with E-state index in [0.29, 0.717) is 0 Å². The normalized spacial score (nSPS) is 17.2. The number of rotatable bonds is 17. The van der Waals surface area contributed by atoms with Gasteiger partial charge in [-0.2, -0.15) is 0 Å². The largest absolute Gasteiger partial charge is 0.0741 e. The first-order valence-electron chi connectivity index (χ1n) is 12.0. The Hall–Kier alpha value is -0.520. The summed E-state index contributed by atoms with van der Waals surface area (Å²) in [7, 11) is 0. The van der Waals surface area contributed by atoms with Crippen molar-refractivity contribution < 1.29 is 0 Å². The minimum absolute atomic E-state index is 0.752. The second-order valence-corrected chi connectivity index (χ2v) is 8.86. The Balaban J connectivity index is 1.78. The Labute approximate surface area is 165 Å². The first-order valence-corrected chi connectivity index (χ1v) is 12.0. The second-order valence-electron chi connectivity index (χ2n) is 8.86. The van der Waals surface area contributed by atoms with Crippen LogP contribution < -0.4 is 0 Å². The van der Waals surface area contributed by atoms with Crippen molar-refractivity contribution in [2.24, 2.45) is 5.92 Å². The van der Waals surface area contributed by atoms with Gasteiger partial charge in [-0.05, 0) is 38.7 Å². The van der Waals surface area contributed by atoms with Gasteiger partial charge < -0.3 is 0 Å². The van der Waals surface area contributed by atoms with Gasteiger partial charge in [-0.25, -0.2) is 0 Å². The number of hydrogen-bond donors (Lipinski definition) is 0. The summed E-state index contributed by atoms with van der Waals surface area (Å²) >= 11 is 0. The van der Waals surface area contributed by atoms with Gasteiger partial charge in [0.05, 0.1) is 0 Å². The summed E-state index contributed by atoms with van der Waals surface area (Å²) in [5, 5.41) is 0. The molecule has 0 radical (unpaired) electrons. The average molecular weight is 361 g/mol. The molecule has 0 aromatic carbocycles. The molecule has 0 amide bonds. The number of allylic oxidation sites excluding steroid dienone is 4. The van der Waals surface area contributed by atoms with E-state index in [1.165, 1.54) is 115 Å². The molecule has 0 heterocycles. The molecule has 0 heteroatoms. The van der Waals surface area contributed by atoms with Crippen molar-refractivity contribution in [1.82, 2.24) is 0 Å². The highest BCUT2D eigenvalue weighted by atomic mass is 14.2. The molecule has 0 nitrogen and oxygen atoms in total. The average Bonchev–Trinajstić information content (AvgIpc) is 2.88. The minimum atomic E-state index is 0.752. The van der Waals surface area contributed by atoms with Crippen LogP contribution in [-0.2, 0) is 0 Å². The van der Waals surface area contributed by atoms with E-state index in [0.717, 1.165) is 5.92 Å². The predicted octanol–water partition coefficient (Wildman–Crippen LogP) is 9.55. The smallest absolute Gasteiger partial charge is 0.00144 e. The molecule has 0 bridgehead atoms. The fraction of sp³-hybridized carbons (Fsp3) is 0.846. The molecule has 0 saturated heterocycles. The van der Waals surface area contributed by atoms with Crippen LogP contribution in [0, 0.1) is 5.92 Å². The summed E-state index contributed by atoms with van der Waals surface area (Å²) in [6.45, 7) is 9.19. The zero-order valence-electron chi connectivity index (χ0n) is 18.7. The van der Waals surface area contributed by atoms with Crippen LogP contribution >= 0.6 is 0 Å². The van der Waals surface area contributed by atoms with Crippen molar-refractivity contribution in [3.63, 3.8) is 0 Å². The zero-order valence-corrected chi connectivity index (χ0v) is 18.7. The topological polar surface area (TPSA) is 0 Å². The van der Waals surface area contributed by atoms with Crippen LogP contribution in [0.5, 0.6) is 0 Å². The van der Waals surface area contributed by atoms with E-state index in [1.807, 2.05) is 0 Å². The van der Waals surface area contributed by atoms with Crippen molar-refractivity contribution in [2.45, 2.75) is 137 Å². The monoisotopic (exact) mass is 360 g/mol. The van der Waals surface area contributed by atoms with Crippen molar-refractivity contribution >= 4 is 0 Å². The van der Waals surface area contributed by atoms with Crippen LogP contribution in [0.4, 0.5) is 0 Å². The highest BCUT2D eigenvalue weighted by Gasteiger charge is 2.17. The molecular formula is C26H48. The molecule has 1 aliphatic rings. The number of hydrogen-bond acceptors (Lipinski definition) is 0. The second kappa shape index (κ2) is 15.5. The third-order valence-corrected chi connectivity index (χ3v) is 6.56. The SMILES string of the molecule is CCCCCCCCCCCCCCCCCCC1C=C(C)C(C)=C1C. The first kappa shape index (κ1) is 23.5. The lowest BCUT2D eigenvalue weighted by molar-refractivity contribution is 0.520. The van der Waals surface area contributed by atoms with Gasteiger partial charge in [0, 0.05) is 0 Å². The van der Waals surface area contributed by atoms with Crippen LogP contribution in [0.1, 0.15) is 137 Å². The summed E-state index contributed by atoms with van der Waals surface area (Å²) in [4.78, 5) is 0. The Morgan fingerprint density at radius 1 is 0.577 bits per heavy atom. The predicted molar refractivity (Wildman–Crippen MR) is 120 cm³/mol. The lowest BCUT2D eigenvalue weighted by Gasteiger charge is -2.10. The summed E-state index contributed by atoms with van der Waals surface area (Å²) in [6.07, 6.45) is 27.2. The quantitative estimate of drug-likeness (QED) is 0.226. The van der Waals surface area contributed by atoms with E-state index in [9.17, 15) is 0 Å². The van der Waals surface area contributed by atoms with E-state index in [1.54, 1.807) is 11.1 Å². The molecule has 1 atom stereocenters. The van der Waals surface area contributed by atoms with Gasteiger partial charge in [-0.15, -0.1) is 0 Å². The van der Waals surface area contributed by atoms with Crippen molar-refractivity contribution in [2.75, 3.05) is 0 Å². The molecule has 0 N–H and O–H groups in total. The molecule has 0 aromatic rings. The molecule has 0 saturated carbocycles. The Bertz CT molecular complexity index is 398. The van der Waals surface area contributed by atoms with Crippen molar-refractivity contribution in [3.05, 3.63) is 22.8 Å². The van der Waals surface area contributed by atoms with Crippen LogP contribution in [0.25, 0.3) is 0 Å². The van der Waals surface area contributed by atoms with E-state index in [2.05, 4.69) is 33.8 Å². The summed E-state index contributed by atoms with van der Waals surface area (Å²) in [5.74, 6) is 0.752. The van der Waals surface area contributed by atoms with Gasteiger partial charge in [0.25, 0.3) is 0 Å². The maximum absolute atomic E-state index is 2.50. The van der Waals surface area contributed by atoms with E-state index in [4.69, 9.17) is 0 Å².